The molecule has 0 rings (SSSR count). The van der Waals surface area contributed by atoms with E-state index in [0.717, 1.165) is 0 Å². The van der Waals surface area contributed by atoms with Gasteiger partial charge in [-0.1, -0.05) is 20.3 Å². The number of hydrogen-bond donors (Lipinski definition) is 7. The summed E-state index contributed by atoms with van der Waals surface area (Å²) in [5.41, 5.74) is 5.74. The number of nitrogens with two attached hydrogens (primary N) is 1. The molecule has 0 aliphatic rings. The van der Waals surface area contributed by atoms with Crippen molar-refractivity contribution in [2.75, 3.05) is 12.0 Å². The van der Waals surface area contributed by atoms with E-state index in [-0.39, 0.29) is 0 Å². The van der Waals surface area contributed by atoms with Crippen LogP contribution >= 0.6 is 11.8 Å². The van der Waals surface area contributed by atoms with Gasteiger partial charge in [-0.15, -0.1) is 0 Å². The number of carboxylic acids is 2. The van der Waals surface area contributed by atoms with Crippen molar-refractivity contribution in [3.8, 4) is 0 Å². The summed E-state index contributed by atoms with van der Waals surface area (Å²) in [6, 6.07) is -5.35. The molecule has 0 aromatic rings. The predicted molar refractivity (Wildman–Crippen MR) is 118 cm³/mol. The summed E-state index contributed by atoms with van der Waals surface area (Å²) in [7, 11) is 0. The van der Waals surface area contributed by atoms with Gasteiger partial charge in [-0.2, -0.15) is 11.8 Å². The molecule has 0 radical (unpaired) electrons. The van der Waals surface area contributed by atoms with Gasteiger partial charge in [0.25, 0.3) is 0 Å². The van der Waals surface area contributed by atoms with Gasteiger partial charge >= 0.3 is 11.9 Å². The molecule has 0 bridgehead atoms. The van der Waals surface area contributed by atoms with E-state index < -0.39 is 72.3 Å². The number of aliphatic hydroxyl groups excluding tert-OH is 1. The lowest BCUT2D eigenvalue weighted by molar-refractivity contribution is -0.145. The second kappa shape index (κ2) is 14.6. The quantitative estimate of drug-likeness (QED) is 0.145. The summed E-state index contributed by atoms with van der Waals surface area (Å²) < 4.78 is 0. The Morgan fingerprint density at radius 3 is 1.94 bits per heavy atom. The molecule has 0 aromatic heterocycles. The van der Waals surface area contributed by atoms with Gasteiger partial charge in [-0.3, -0.25) is 19.2 Å². The summed E-state index contributed by atoms with van der Waals surface area (Å²) in [5, 5.41) is 35.1. The number of thioether (sulfide) groups is 1. The molecule has 12 nitrogen and oxygen atoms in total. The Morgan fingerprint density at radius 1 is 0.938 bits per heavy atom. The van der Waals surface area contributed by atoms with E-state index >= 15 is 0 Å². The molecular formula is C19H34N4O8S. The zero-order valence-electron chi connectivity index (χ0n) is 18.7. The van der Waals surface area contributed by atoms with Gasteiger partial charge in [0.2, 0.25) is 17.7 Å². The molecule has 0 saturated carbocycles. The number of carboxylic acid groups (broad SMARTS) is 2. The van der Waals surface area contributed by atoms with Crippen molar-refractivity contribution >= 4 is 41.4 Å². The number of amides is 3. The highest BCUT2D eigenvalue weighted by molar-refractivity contribution is 7.98. The molecule has 0 fully saturated rings. The minimum atomic E-state index is -1.58. The van der Waals surface area contributed by atoms with Crippen molar-refractivity contribution in [3.63, 3.8) is 0 Å². The second-order valence-corrected chi connectivity index (χ2v) is 8.47. The van der Waals surface area contributed by atoms with Crippen LogP contribution in [0.3, 0.4) is 0 Å². The van der Waals surface area contributed by atoms with Crippen molar-refractivity contribution in [2.24, 2.45) is 11.7 Å². The normalized spacial score (nSPS) is 16.6. The maximum atomic E-state index is 12.6. The van der Waals surface area contributed by atoms with E-state index in [9.17, 15) is 34.2 Å². The topological polar surface area (TPSA) is 208 Å². The smallest absolute Gasteiger partial charge is 0.326 e. The largest absolute Gasteiger partial charge is 0.481 e. The van der Waals surface area contributed by atoms with Crippen LogP contribution in [0.15, 0.2) is 0 Å². The SMILES string of the molecule is CCC(C)C(NC(=O)C(NC(=O)C(CC(=O)O)NC(=O)C(N)CCSC)C(C)O)C(=O)O. The van der Waals surface area contributed by atoms with Crippen LogP contribution in [0.4, 0.5) is 0 Å². The summed E-state index contributed by atoms with van der Waals surface area (Å²) in [4.78, 5) is 60.0. The number of hydrogen-bond acceptors (Lipinski definition) is 8. The highest BCUT2D eigenvalue weighted by Crippen LogP contribution is 2.09. The highest BCUT2D eigenvalue weighted by Gasteiger charge is 2.34. The molecule has 0 aliphatic carbocycles. The number of aliphatic hydroxyl groups is 1. The molecule has 0 heterocycles. The Morgan fingerprint density at radius 2 is 1.50 bits per heavy atom. The van der Waals surface area contributed by atoms with Crippen LogP contribution in [0.25, 0.3) is 0 Å². The Bertz CT molecular complexity index is 676. The third-order valence-electron chi connectivity index (χ3n) is 4.82. The van der Waals surface area contributed by atoms with Crippen molar-refractivity contribution in [3.05, 3.63) is 0 Å². The van der Waals surface area contributed by atoms with E-state index in [1.165, 1.54) is 18.7 Å². The molecule has 0 saturated heterocycles. The first-order valence-electron chi connectivity index (χ1n) is 10.1. The Kier molecular flexibility index (Phi) is 13.5. The molecule has 0 aliphatic heterocycles. The van der Waals surface area contributed by atoms with E-state index in [1.807, 2.05) is 6.26 Å². The number of rotatable bonds is 15. The molecule has 6 unspecified atom stereocenters. The molecule has 0 spiro atoms. The van der Waals surface area contributed by atoms with Crippen molar-refractivity contribution < 1.29 is 39.3 Å². The fourth-order valence-electron chi connectivity index (χ4n) is 2.62. The fraction of sp³-hybridized carbons (Fsp3) is 0.737. The van der Waals surface area contributed by atoms with Gasteiger partial charge in [0.15, 0.2) is 0 Å². The lowest BCUT2D eigenvalue weighted by atomic mass is 9.98. The van der Waals surface area contributed by atoms with Gasteiger partial charge in [0.05, 0.1) is 18.6 Å². The fourth-order valence-corrected chi connectivity index (χ4v) is 3.11. The van der Waals surface area contributed by atoms with Gasteiger partial charge in [-0.05, 0) is 31.3 Å². The summed E-state index contributed by atoms with van der Waals surface area (Å²) in [6.07, 6.45) is 0.357. The number of carbonyl (C=O) groups excluding carboxylic acids is 3. The minimum absolute atomic E-state index is 0.305. The second-order valence-electron chi connectivity index (χ2n) is 7.48. The zero-order chi connectivity index (χ0) is 25.0. The standard InChI is InChI=1S/C19H34N4O8S/c1-5-9(2)14(19(30)31)22-18(29)15(10(3)24)23-17(28)12(8-13(25)26)21-16(27)11(20)6-7-32-4/h9-12,14-15,24H,5-8,20H2,1-4H3,(H,21,27)(H,22,29)(H,23,28)(H,25,26)(H,30,31). The predicted octanol–water partition coefficient (Wildman–Crippen LogP) is -1.49. The van der Waals surface area contributed by atoms with Gasteiger partial charge in [0.1, 0.15) is 18.1 Å². The van der Waals surface area contributed by atoms with Gasteiger partial charge < -0.3 is 37.0 Å². The maximum absolute atomic E-state index is 12.6. The third-order valence-corrected chi connectivity index (χ3v) is 5.46. The Labute approximate surface area is 191 Å². The highest BCUT2D eigenvalue weighted by atomic mass is 32.2. The zero-order valence-corrected chi connectivity index (χ0v) is 19.5. The van der Waals surface area contributed by atoms with Crippen molar-refractivity contribution in [1.29, 1.82) is 0 Å². The molecular weight excluding hydrogens is 444 g/mol. The number of nitrogens with one attached hydrogen (secondary N) is 3. The van der Waals surface area contributed by atoms with Crippen LogP contribution in [0, 0.1) is 5.92 Å². The van der Waals surface area contributed by atoms with Crippen molar-refractivity contribution in [1.82, 2.24) is 16.0 Å². The van der Waals surface area contributed by atoms with Crippen LogP contribution in [-0.4, -0.2) is 87.3 Å². The monoisotopic (exact) mass is 478 g/mol. The number of aliphatic carboxylic acids is 2. The van der Waals surface area contributed by atoms with Crippen LogP contribution in [0.5, 0.6) is 0 Å². The Hall–Kier alpha value is -2.38. The molecule has 184 valence electrons. The third kappa shape index (κ3) is 10.3. The first-order valence-corrected chi connectivity index (χ1v) is 11.5. The average molecular weight is 479 g/mol. The lowest BCUT2D eigenvalue weighted by Gasteiger charge is -2.27. The van der Waals surface area contributed by atoms with Crippen LogP contribution < -0.4 is 21.7 Å². The lowest BCUT2D eigenvalue weighted by Crippen LogP contribution is -2.60. The van der Waals surface area contributed by atoms with Crippen molar-refractivity contribution in [2.45, 2.75) is 70.3 Å². The van der Waals surface area contributed by atoms with E-state index in [0.29, 0.717) is 18.6 Å². The minimum Gasteiger partial charge on any atom is -0.481 e. The molecule has 32 heavy (non-hydrogen) atoms. The van der Waals surface area contributed by atoms with Crippen LogP contribution in [0.1, 0.15) is 40.0 Å². The average Bonchev–Trinajstić information content (AvgIpc) is 2.71. The van der Waals surface area contributed by atoms with Crippen LogP contribution in [-0.2, 0) is 24.0 Å². The first kappa shape index (κ1) is 29.6. The summed E-state index contributed by atoms with van der Waals surface area (Å²) in [6.45, 7) is 4.56. The van der Waals surface area contributed by atoms with Gasteiger partial charge in [-0.25, -0.2) is 4.79 Å². The molecule has 13 heteroatoms. The molecule has 6 atom stereocenters. The molecule has 0 aromatic carbocycles. The summed E-state index contributed by atoms with van der Waals surface area (Å²) >= 11 is 1.46. The maximum Gasteiger partial charge on any atom is 0.326 e. The number of carbonyl (C=O) groups is 5. The first-order chi connectivity index (χ1) is 14.8. The molecule has 8 N–H and O–H groups in total. The Balaban J connectivity index is 5.44. The van der Waals surface area contributed by atoms with E-state index in [2.05, 4.69) is 16.0 Å². The van der Waals surface area contributed by atoms with E-state index in [4.69, 9.17) is 10.8 Å². The van der Waals surface area contributed by atoms with E-state index in [1.54, 1.807) is 13.8 Å². The molecule has 3 amide bonds. The van der Waals surface area contributed by atoms with Crippen LogP contribution in [0.2, 0.25) is 0 Å². The summed E-state index contributed by atoms with van der Waals surface area (Å²) in [5.74, 6) is -5.24. The van der Waals surface area contributed by atoms with Gasteiger partial charge in [0, 0.05) is 0 Å².